The highest BCUT2D eigenvalue weighted by atomic mass is 16.5. The summed E-state index contributed by atoms with van der Waals surface area (Å²) in [5, 5.41) is 12.0. The number of aliphatic carboxylic acids is 1. The number of hydrogen-bond acceptors (Lipinski definition) is 5. The first-order chi connectivity index (χ1) is 14.3. The average molecular weight is 415 g/mol. The van der Waals surface area contributed by atoms with E-state index in [1.54, 1.807) is 24.3 Å². The molecule has 0 atom stereocenters. The number of aryl methyl sites for hydroxylation is 1. The van der Waals surface area contributed by atoms with Crippen LogP contribution in [0, 0.1) is 6.92 Å². The molecule has 2 aromatic rings. The van der Waals surface area contributed by atoms with Gasteiger partial charge in [0.2, 0.25) is 0 Å². The Morgan fingerprint density at radius 3 is 2.23 bits per heavy atom. The molecule has 3 rings (SSSR count). The van der Waals surface area contributed by atoms with Crippen molar-refractivity contribution in [3.63, 3.8) is 0 Å². The number of rotatable bonds is 7. The number of carbonyl (C=O) groups is 1. The van der Waals surface area contributed by atoms with Crippen LogP contribution < -0.4 is 14.8 Å². The maximum Gasteiger partial charge on any atom is 0.307 e. The van der Waals surface area contributed by atoms with Crippen LogP contribution in [0.15, 0.2) is 42.5 Å². The van der Waals surface area contributed by atoms with Gasteiger partial charge in [-0.05, 0) is 68.8 Å². The van der Waals surface area contributed by atoms with Crippen molar-refractivity contribution in [1.82, 2.24) is 10.2 Å². The lowest BCUT2D eigenvalue weighted by molar-refractivity contribution is -0.136. The number of nitrogens with zero attached hydrogens (tertiary/aromatic N) is 1. The first-order valence-corrected chi connectivity index (χ1v) is 10.4. The summed E-state index contributed by atoms with van der Waals surface area (Å²) < 4.78 is 11.5. The molecule has 0 saturated carbocycles. The third kappa shape index (κ3) is 8.84. The van der Waals surface area contributed by atoms with E-state index in [0.29, 0.717) is 6.61 Å². The number of carboxylic acids is 1. The van der Waals surface area contributed by atoms with Crippen LogP contribution in [-0.4, -0.2) is 55.3 Å². The van der Waals surface area contributed by atoms with E-state index < -0.39 is 5.97 Å². The quantitative estimate of drug-likeness (QED) is 0.723. The van der Waals surface area contributed by atoms with Crippen LogP contribution in [0.25, 0.3) is 0 Å². The highest BCUT2D eigenvalue weighted by Crippen LogP contribution is 2.22. The van der Waals surface area contributed by atoms with Crippen LogP contribution in [0.3, 0.4) is 0 Å². The molecule has 6 heteroatoms. The molecule has 2 aromatic carbocycles. The van der Waals surface area contributed by atoms with Gasteiger partial charge in [0.25, 0.3) is 0 Å². The molecule has 2 N–H and O–H groups in total. The minimum absolute atomic E-state index is 0.0246. The van der Waals surface area contributed by atoms with Gasteiger partial charge in [0.15, 0.2) is 0 Å². The molecule has 1 fully saturated rings. The van der Waals surface area contributed by atoms with E-state index in [9.17, 15) is 4.79 Å². The molecule has 1 saturated heterocycles. The van der Waals surface area contributed by atoms with Crippen molar-refractivity contribution < 1.29 is 19.4 Å². The molecule has 0 unspecified atom stereocenters. The zero-order chi connectivity index (χ0) is 21.9. The van der Waals surface area contributed by atoms with Crippen LogP contribution in [0.2, 0.25) is 0 Å². The van der Waals surface area contributed by atoms with Crippen LogP contribution >= 0.6 is 0 Å². The molecule has 1 aliphatic heterocycles. The molecule has 164 valence electrons. The summed E-state index contributed by atoms with van der Waals surface area (Å²) in [5.74, 6) is 0.777. The average Bonchev–Trinajstić information content (AvgIpc) is 2.70. The lowest BCUT2D eigenvalue weighted by Crippen LogP contribution is -2.40. The van der Waals surface area contributed by atoms with Gasteiger partial charge in [-0.2, -0.15) is 0 Å². The van der Waals surface area contributed by atoms with Gasteiger partial charge in [-0.1, -0.05) is 18.2 Å². The van der Waals surface area contributed by atoms with Gasteiger partial charge in [-0.3, -0.25) is 4.79 Å². The molecule has 1 heterocycles. The predicted octanol–water partition coefficient (Wildman–Crippen LogP) is 3.51. The van der Waals surface area contributed by atoms with Gasteiger partial charge in [-0.15, -0.1) is 0 Å². The van der Waals surface area contributed by atoms with E-state index >= 15 is 0 Å². The summed E-state index contributed by atoms with van der Waals surface area (Å²) in [6, 6.07) is 13.1. The predicted molar refractivity (Wildman–Crippen MR) is 119 cm³/mol. The molecule has 0 spiro atoms. The van der Waals surface area contributed by atoms with E-state index in [1.807, 2.05) is 32.9 Å². The lowest BCUT2D eigenvalue weighted by atomic mass is 10.1. The Bertz CT molecular complexity index is 784. The van der Waals surface area contributed by atoms with Gasteiger partial charge < -0.3 is 24.8 Å². The van der Waals surface area contributed by atoms with E-state index in [2.05, 4.69) is 23.3 Å². The molecule has 0 aliphatic carbocycles. The van der Waals surface area contributed by atoms with Crippen LogP contribution in [0.5, 0.6) is 11.5 Å². The molecule has 6 nitrogen and oxygen atoms in total. The second kappa shape index (κ2) is 12.2. The fourth-order valence-electron chi connectivity index (χ4n) is 3.01. The van der Waals surface area contributed by atoms with E-state index in [4.69, 9.17) is 14.6 Å². The van der Waals surface area contributed by atoms with Crippen molar-refractivity contribution in [3.8, 4) is 11.5 Å². The van der Waals surface area contributed by atoms with Crippen molar-refractivity contribution in [2.45, 2.75) is 39.9 Å². The Morgan fingerprint density at radius 2 is 1.73 bits per heavy atom. The standard InChI is InChI=1S/C19H22O4.C5H12N2/c1-13(2)23-18-9-6-16(10-14(18)3)12-22-17-7-4-15(5-8-17)11-19(20)21;1-7-4-2-6-3-5-7/h4-10,13H,11-12H2,1-3H3,(H,20,21);6H,2-5H2,1H3. The fraction of sp³-hybridized carbons (Fsp3) is 0.458. The summed E-state index contributed by atoms with van der Waals surface area (Å²) in [4.78, 5) is 13.0. The molecular weight excluding hydrogens is 380 g/mol. The number of nitrogens with one attached hydrogen (secondary N) is 1. The molecule has 0 aromatic heterocycles. The Hall–Kier alpha value is -2.57. The molecule has 1 aliphatic rings. The number of ether oxygens (including phenoxy) is 2. The molecular formula is C24H34N2O4. The highest BCUT2D eigenvalue weighted by Gasteiger charge is 2.05. The van der Waals surface area contributed by atoms with Crippen molar-refractivity contribution in [2.75, 3.05) is 33.2 Å². The van der Waals surface area contributed by atoms with Crippen LogP contribution in [0.1, 0.15) is 30.5 Å². The fourth-order valence-corrected chi connectivity index (χ4v) is 3.01. The summed E-state index contributed by atoms with van der Waals surface area (Å²) in [5.41, 5.74) is 2.90. The second-order valence-corrected chi connectivity index (χ2v) is 7.82. The lowest BCUT2D eigenvalue weighted by Gasteiger charge is -2.21. The minimum atomic E-state index is -0.835. The van der Waals surface area contributed by atoms with E-state index in [-0.39, 0.29) is 12.5 Å². The summed E-state index contributed by atoms with van der Waals surface area (Å²) in [6.07, 6.45) is 0.177. The normalized spacial score (nSPS) is 14.0. The Balaban J connectivity index is 0.000000386. The summed E-state index contributed by atoms with van der Waals surface area (Å²) in [6.45, 7) is 11.2. The van der Waals surface area contributed by atoms with Crippen molar-refractivity contribution in [3.05, 3.63) is 59.2 Å². The number of carboxylic acid groups (broad SMARTS) is 1. The number of hydrogen-bond donors (Lipinski definition) is 2. The van der Waals surface area contributed by atoms with Crippen molar-refractivity contribution in [1.29, 1.82) is 0 Å². The third-order valence-corrected chi connectivity index (χ3v) is 4.63. The monoisotopic (exact) mass is 414 g/mol. The number of likely N-dealkylation sites (N-methyl/N-ethyl adjacent to an activating group) is 1. The van der Waals surface area contributed by atoms with Gasteiger partial charge in [-0.25, -0.2) is 0 Å². The summed E-state index contributed by atoms with van der Waals surface area (Å²) in [7, 11) is 2.15. The summed E-state index contributed by atoms with van der Waals surface area (Å²) >= 11 is 0. The zero-order valence-electron chi connectivity index (χ0n) is 18.5. The Kier molecular flexibility index (Phi) is 9.64. The topological polar surface area (TPSA) is 71.0 Å². The molecule has 0 radical (unpaired) electrons. The maximum atomic E-state index is 10.6. The molecule has 0 amide bonds. The van der Waals surface area contributed by atoms with Crippen molar-refractivity contribution >= 4 is 5.97 Å². The third-order valence-electron chi connectivity index (χ3n) is 4.63. The van der Waals surface area contributed by atoms with Gasteiger partial charge in [0, 0.05) is 26.2 Å². The smallest absolute Gasteiger partial charge is 0.307 e. The van der Waals surface area contributed by atoms with Gasteiger partial charge >= 0.3 is 5.97 Å². The maximum absolute atomic E-state index is 10.6. The van der Waals surface area contributed by atoms with Crippen molar-refractivity contribution in [2.24, 2.45) is 0 Å². The Morgan fingerprint density at radius 1 is 1.10 bits per heavy atom. The second-order valence-electron chi connectivity index (χ2n) is 7.82. The van der Waals surface area contributed by atoms with Gasteiger partial charge in [0.1, 0.15) is 18.1 Å². The van der Waals surface area contributed by atoms with E-state index in [1.165, 1.54) is 13.1 Å². The van der Waals surface area contributed by atoms with Gasteiger partial charge in [0.05, 0.1) is 12.5 Å². The number of benzene rings is 2. The van der Waals surface area contributed by atoms with Crippen LogP contribution in [-0.2, 0) is 17.8 Å². The number of piperazine rings is 1. The van der Waals surface area contributed by atoms with Crippen LogP contribution in [0.4, 0.5) is 0 Å². The first kappa shape index (κ1) is 23.7. The first-order valence-electron chi connectivity index (χ1n) is 10.4. The molecule has 30 heavy (non-hydrogen) atoms. The molecule has 0 bridgehead atoms. The minimum Gasteiger partial charge on any atom is -0.491 e. The SMILES string of the molecule is CN1CCNCC1.Cc1cc(COc2ccc(CC(=O)O)cc2)ccc1OC(C)C. The highest BCUT2D eigenvalue weighted by molar-refractivity contribution is 5.70. The Labute approximate surface area is 179 Å². The zero-order valence-corrected chi connectivity index (χ0v) is 18.5. The largest absolute Gasteiger partial charge is 0.491 e. The van der Waals surface area contributed by atoms with E-state index in [0.717, 1.165) is 41.3 Å².